The second kappa shape index (κ2) is 6.97. The first-order valence-electron chi connectivity index (χ1n) is 13.7. The summed E-state index contributed by atoms with van der Waals surface area (Å²) in [5.74, 6) is 2.10. The van der Waals surface area contributed by atoms with Gasteiger partial charge in [0.15, 0.2) is 0 Å². The molecule has 1 N–H and O–H groups in total. The molecule has 4 saturated carbocycles. The minimum Gasteiger partial charge on any atom is -0.481 e. The summed E-state index contributed by atoms with van der Waals surface area (Å²) in [5, 5.41) is 10.5. The van der Waals surface area contributed by atoms with Crippen molar-refractivity contribution in [3.8, 4) is 0 Å². The van der Waals surface area contributed by atoms with Crippen molar-refractivity contribution in [2.75, 3.05) is 0 Å². The molecule has 3 heteroatoms. The summed E-state index contributed by atoms with van der Waals surface area (Å²) >= 11 is 0. The SMILES string of the molecule is C[C@H]1[C@H](C)CC[C@]2(C(=O)O)CC[C@]3(C)C(=CC[C@@H]4[C@@]5(C)CCC(=O)C(C)(C)[C@@H]5CC[C@]43C)[C@@H]12. The molecule has 0 aromatic carbocycles. The lowest BCUT2D eigenvalue weighted by molar-refractivity contribution is -0.190. The molecule has 0 saturated heterocycles. The van der Waals surface area contributed by atoms with Gasteiger partial charge in [0.1, 0.15) is 5.78 Å². The summed E-state index contributed by atoms with van der Waals surface area (Å²) in [6, 6.07) is 0. The zero-order valence-electron chi connectivity index (χ0n) is 22.1. The lowest BCUT2D eigenvalue weighted by atomic mass is 9.33. The predicted octanol–water partition coefficient (Wildman–Crippen LogP) is 7.30. The van der Waals surface area contributed by atoms with Gasteiger partial charge in [0.2, 0.25) is 0 Å². The van der Waals surface area contributed by atoms with Crippen molar-refractivity contribution in [2.24, 2.45) is 56.7 Å². The van der Waals surface area contributed by atoms with Crippen LogP contribution in [0.25, 0.3) is 0 Å². The van der Waals surface area contributed by atoms with E-state index < -0.39 is 11.4 Å². The van der Waals surface area contributed by atoms with Gasteiger partial charge in [-0.15, -0.1) is 0 Å². The van der Waals surface area contributed by atoms with Gasteiger partial charge in [-0.2, -0.15) is 0 Å². The molecule has 9 atom stereocenters. The van der Waals surface area contributed by atoms with Crippen LogP contribution in [0.5, 0.6) is 0 Å². The third kappa shape index (κ3) is 2.69. The Labute approximate surface area is 201 Å². The molecule has 0 aromatic rings. The van der Waals surface area contributed by atoms with Gasteiger partial charge in [-0.1, -0.05) is 60.1 Å². The average molecular weight is 455 g/mol. The van der Waals surface area contributed by atoms with Gasteiger partial charge in [-0.3, -0.25) is 9.59 Å². The number of ketones is 1. The van der Waals surface area contributed by atoms with Crippen LogP contribution in [0.15, 0.2) is 11.6 Å². The van der Waals surface area contributed by atoms with Gasteiger partial charge in [-0.05, 0) is 97.2 Å². The molecule has 184 valence electrons. The van der Waals surface area contributed by atoms with E-state index in [0.717, 1.165) is 51.4 Å². The van der Waals surface area contributed by atoms with E-state index in [9.17, 15) is 14.7 Å². The number of carbonyl (C=O) groups excluding carboxylic acids is 1. The standard InChI is InChI=1S/C30H46O3/c1-18-10-15-30(25(32)33)17-16-28(6)20(24(30)19(18)2)8-9-22-27(5)13-12-23(31)26(3,4)21(27)11-14-29(22,28)7/h8,18-19,21-22,24H,9-17H2,1-7H3,(H,32,33)/t18-,19+,21+,22-,24-,27+,28-,29-,30+/m1/s1. The Morgan fingerprint density at radius 3 is 2.30 bits per heavy atom. The van der Waals surface area contributed by atoms with E-state index in [-0.39, 0.29) is 27.6 Å². The number of fused-ring (bicyclic) bond motifs is 7. The fourth-order valence-corrected chi connectivity index (χ4v) is 10.7. The van der Waals surface area contributed by atoms with E-state index in [2.05, 4.69) is 54.5 Å². The summed E-state index contributed by atoms with van der Waals surface area (Å²) in [6.45, 7) is 16.7. The lowest BCUT2D eigenvalue weighted by Crippen LogP contribution is -2.65. The Hall–Kier alpha value is -1.12. The highest BCUT2D eigenvalue weighted by Crippen LogP contribution is 2.75. The number of rotatable bonds is 1. The van der Waals surface area contributed by atoms with Crippen molar-refractivity contribution in [2.45, 2.75) is 106 Å². The second-order valence-corrected chi connectivity index (χ2v) is 14.3. The first-order valence-corrected chi connectivity index (χ1v) is 13.7. The van der Waals surface area contributed by atoms with Crippen LogP contribution in [-0.4, -0.2) is 16.9 Å². The van der Waals surface area contributed by atoms with Crippen molar-refractivity contribution >= 4 is 11.8 Å². The number of Topliss-reactive ketones (excluding diaryl/α,β-unsaturated/α-hetero) is 1. The van der Waals surface area contributed by atoms with E-state index in [1.54, 1.807) is 0 Å². The van der Waals surface area contributed by atoms with Gasteiger partial charge in [-0.25, -0.2) is 0 Å². The maximum atomic E-state index is 12.9. The highest BCUT2D eigenvalue weighted by molar-refractivity contribution is 5.85. The molecule has 5 aliphatic rings. The predicted molar refractivity (Wildman–Crippen MR) is 132 cm³/mol. The smallest absolute Gasteiger partial charge is 0.310 e. The molecular formula is C30H46O3. The molecule has 4 fully saturated rings. The monoisotopic (exact) mass is 454 g/mol. The number of carboxylic acids is 1. The summed E-state index contributed by atoms with van der Waals surface area (Å²) in [7, 11) is 0. The van der Waals surface area contributed by atoms with Crippen LogP contribution in [0.3, 0.4) is 0 Å². The van der Waals surface area contributed by atoms with E-state index in [1.807, 2.05) is 0 Å². The first-order chi connectivity index (χ1) is 15.3. The molecule has 0 amide bonds. The van der Waals surface area contributed by atoms with Gasteiger partial charge in [0.05, 0.1) is 5.41 Å². The van der Waals surface area contributed by atoms with Crippen molar-refractivity contribution in [3.63, 3.8) is 0 Å². The van der Waals surface area contributed by atoms with Crippen molar-refractivity contribution in [3.05, 3.63) is 11.6 Å². The summed E-state index contributed by atoms with van der Waals surface area (Å²) in [5.41, 5.74) is 1.12. The Morgan fingerprint density at radius 1 is 0.939 bits per heavy atom. The van der Waals surface area contributed by atoms with Crippen molar-refractivity contribution < 1.29 is 14.7 Å². The number of aliphatic carboxylic acids is 1. The molecular weight excluding hydrogens is 408 g/mol. The average Bonchev–Trinajstić information content (AvgIpc) is 2.74. The van der Waals surface area contributed by atoms with Crippen LogP contribution < -0.4 is 0 Å². The number of carbonyl (C=O) groups is 2. The third-order valence-electron chi connectivity index (χ3n) is 13.2. The minimum absolute atomic E-state index is 0.0600. The largest absolute Gasteiger partial charge is 0.481 e. The zero-order chi connectivity index (χ0) is 24.2. The van der Waals surface area contributed by atoms with Gasteiger partial charge < -0.3 is 5.11 Å². The molecule has 0 heterocycles. The first kappa shape index (κ1) is 23.6. The molecule has 0 aromatic heterocycles. The lowest BCUT2D eigenvalue weighted by Gasteiger charge is -2.70. The van der Waals surface area contributed by atoms with Crippen LogP contribution in [0, 0.1) is 56.7 Å². The van der Waals surface area contributed by atoms with Gasteiger partial charge in [0.25, 0.3) is 0 Å². The highest BCUT2D eigenvalue weighted by atomic mass is 16.4. The molecule has 0 aliphatic heterocycles. The zero-order valence-corrected chi connectivity index (χ0v) is 22.1. The third-order valence-corrected chi connectivity index (χ3v) is 13.2. The van der Waals surface area contributed by atoms with Crippen LogP contribution in [0.1, 0.15) is 106 Å². The summed E-state index contributed by atoms with van der Waals surface area (Å²) in [6.07, 6.45) is 11.3. The van der Waals surface area contributed by atoms with Crippen LogP contribution in [0.2, 0.25) is 0 Å². The van der Waals surface area contributed by atoms with E-state index >= 15 is 0 Å². The number of allylic oxidation sites excluding steroid dienone is 2. The van der Waals surface area contributed by atoms with Crippen LogP contribution >= 0.6 is 0 Å². The maximum Gasteiger partial charge on any atom is 0.310 e. The van der Waals surface area contributed by atoms with Gasteiger partial charge in [0, 0.05) is 11.8 Å². The molecule has 0 bridgehead atoms. The Bertz CT molecular complexity index is 916. The molecule has 3 nitrogen and oxygen atoms in total. The topological polar surface area (TPSA) is 54.4 Å². The molecule has 5 aliphatic carbocycles. The number of carboxylic acid groups (broad SMARTS) is 1. The van der Waals surface area contributed by atoms with Crippen LogP contribution in [-0.2, 0) is 9.59 Å². The summed E-state index contributed by atoms with van der Waals surface area (Å²) in [4.78, 5) is 25.7. The Balaban J connectivity index is 1.62. The van der Waals surface area contributed by atoms with E-state index in [4.69, 9.17) is 0 Å². The normalized spacial score (nSPS) is 53.1. The van der Waals surface area contributed by atoms with Crippen molar-refractivity contribution in [1.29, 1.82) is 0 Å². The van der Waals surface area contributed by atoms with E-state index in [0.29, 0.717) is 29.5 Å². The molecule has 33 heavy (non-hydrogen) atoms. The Kier molecular flexibility index (Phi) is 4.99. The maximum absolute atomic E-state index is 12.9. The quantitative estimate of drug-likeness (QED) is 0.423. The molecule has 5 rings (SSSR count). The highest BCUT2D eigenvalue weighted by Gasteiger charge is 2.69. The van der Waals surface area contributed by atoms with Crippen molar-refractivity contribution in [1.82, 2.24) is 0 Å². The van der Waals surface area contributed by atoms with Gasteiger partial charge >= 0.3 is 5.97 Å². The summed E-state index contributed by atoms with van der Waals surface area (Å²) < 4.78 is 0. The molecule has 0 radical (unpaired) electrons. The molecule has 0 unspecified atom stereocenters. The number of hydrogen-bond acceptors (Lipinski definition) is 2. The molecule has 0 spiro atoms. The number of hydrogen-bond donors (Lipinski definition) is 1. The van der Waals surface area contributed by atoms with E-state index in [1.165, 1.54) is 12.0 Å². The fraction of sp³-hybridized carbons (Fsp3) is 0.867. The minimum atomic E-state index is -0.569. The Morgan fingerprint density at radius 2 is 1.64 bits per heavy atom. The second-order valence-electron chi connectivity index (χ2n) is 14.3. The van der Waals surface area contributed by atoms with Crippen LogP contribution in [0.4, 0.5) is 0 Å². The fourth-order valence-electron chi connectivity index (χ4n) is 10.7.